The normalized spacial score (nSPS) is 27.1. The van der Waals surface area contributed by atoms with Crippen molar-refractivity contribution < 1.29 is 36.3 Å². The minimum Gasteiger partial charge on any atom is -0.356 e. The van der Waals surface area contributed by atoms with Crippen LogP contribution in [0.25, 0.3) is 10.9 Å². The molecule has 2 aromatic rings. The van der Waals surface area contributed by atoms with Gasteiger partial charge in [0.1, 0.15) is 23.6 Å². The Balaban J connectivity index is 1.44. The Morgan fingerprint density at radius 1 is 1.18 bits per heavy atom. The van der Waals surface area contributed by atoms with Crippen molar-refractivity contribution in [2.45, 2.75) is 62.6 Å². The quantitative estimate of drug-likeness (QED) is 0.401. The summed E-state index contributed by atoms with van der Waals surface area (Å²) < 4.78 is 72.0. The first-order chi connectivity index (χ1) is 18.0. The van der Waals surface area contributed by atoms with E-state index in [1.54, 1.807) is 0 Å². The number of amides is 3. The molecule has 202 valence electrons. The van der Waals surface area contributed by atoms with E-state index in [1.165, 1.54) is 0 Å². The van der Waals surface area contributed by atoms with Gasteiger partial charge in [-0.2, -0.15) is 5.26 Å². The molecule has 0 radical (unpaired) electrons. The van der Waals surface area contributed by atoms with Crippen LogP contribution in [0.15, 0.2) is 12.1 Å². The van der Waals surface area contributed by atoms with E-state index in [0.717, 1.165) is 11.0 Å². The van der Waals surface area contributed by atoms with Gasteiger partial charge in [0.25, 0.3) is 11.8 Å². The van der Waals surface area contributed by atoms with Crippen molar-refractivity contribution in [1.82, 2.24) is 20.5 Å². The van der Waals surface area contributed by atoms with E-state index in [4.69, 9.17) is 0 Å². The Morgan fingerprint density at radius 2 is 1.95 bits per heavy atom. The predicted octanol–water partition coefficient (Wildman–Crippen LogP) is 3.14. The number of hydrogen-bond donors (Lipinski definition) is 3. The highest BCUT2D eigenvalue weighted by atomic mass is 19.3. The fourth-order valence-electron chi connectivity index (χ4n) is 5.99. The predicted molar refractivity (Wildman–Crippen MR) is 122 cm³/mol. The lowest BCUT2D eigenvalue weighted by Crippen LogP contribution is -2.68. The molecule has 8 nitrogen and oxygen atoms in total. The molecule has 1 aromatic carbocycles. The van der Waals surface area contributed by atoms with Gasteiger partial charge in [-0.05, 0) is 38.2 Å². The van der Waals surface area contributed by atoms with Crippen molar-refractivity contribution >= 4 is 28.6 Å². The highest BCUT2D eigenvalue weighted by Gasteiger charge is 2.60. The number of nitrogens with zero attached hydrogens (tertiary/aromatic N) is 2. The van der Waals surface area contributed by atoms with Gasteiger partial charge in [-0.1, -0.05) is 0 Å². The largest absolute Gasteiger partial charge is 0.356 e. The molecule has 4 heterocycles. The fourth-order valence-corrected chi connectivity index (χ4v) is 5.99. The van der Waals surface area contributed by atoms with Gasteiger partial charge in [0.15, 0.2) is 11.6 Å². The molecule has 2 bridgehead atoms. The van der Waals surface area contributed by atoms with Crippen molar-refractivity contribution in [2.75, 3.05) is 6.54 Å². The molecule has 1 aromatic heterocycles. The SMILES string of the molecule is N#C[C@@H](C[C@@H]1CCCNC1=O)NC(=O)[C@H]1[C@@H]2CC[C@@H](CC2(F)F)N1C(=O)c1cc2c(F)cc(F)c(F)c2[nH]1. The van der Waals surface area contributed by atoms with Gasteiger partial charge in [-0.25, -0.2) is 22.0 Å². The molecule has 1 aliphatic carbocycles. The number of fused-ring (bicyclic) bond motifs is 4. The third-order valence-electron chi connectivity index (χ3n) is 7.82. The Morgan fingerprint density at radius 3 is 2.63 bits per heavy atom. The zero-order valence-electron chi connectivity index (χ0n) is 20.0. The average Bonchev–Trinajstić information content (AvgIpc) is 3.33. The first-order valence-corrected chi connectivity index (χ1v) is 12.4. The van der Waals surface area contributed by atoms with Crippen LogP contribution in [-0.2, 0) is 9.59 Å². The summed E-state index contributed by atoms with van der Waals surface area (Å²) in [4.78, 5) is 42.3. The van der Waals surface area contributed by atoms with E-state index in [1.807, 2.05) is 6.07 Å². The average molecular weight is 537 g/mol. The second-order valence-electron chi connectivity index (χ2n) is 10.1. The first kappa shape index (κ1) is 25.9. The van der Waals surface area contributed by atoms with Crippen molar-refractivity contribution in [3.63, 3.8) is 0 Å². The van der Waals surface area contributed by atoms with Crippen LogP contribution in [0, 0.1) is 40.6 Å². The summed E-state index contributed by atoms with van der Waals surface area (Å²) >= 11 is 0. The number of benzene rings is 1. The maximum Gasteiger partial charge on any atom is 0.271 e. The second-order valence-corrected chi connectivity index (χ2v) is 10.1. The van der Waals surface area contributed by atoms with Crippen molar-refractivity contribution in [3.05, 3.63) is 35.3 Å². The molecule has 3 amide bonds. The van der Waals surface area contributed by atoms with Crippen LogP contribution in [0.5, 0.6) is 0 Å². The molecule has 13 heteroatoms. The number of rotatable bonds is 5. The number of nitrogens with one attached hydrogen (secondary N) is 3. The van der Waals surface area contributed by atoms with Gasteiger partial charge in [0.2, 0.25) is 11.8 Å². The van der Waals surface area contributed by atoms with Crippen LogP contribution in [0.2, 0.25) is 0 Å². The van der Waals surface area contributed by atoms with Gasteiger partial charge < -0.3 is 20.5 Å². The minimum absolute atomic E-state index is 0.0225. The lowest BCUT2D eigenvalue weighted by Gasteiger charge is -2.53. The van der Waals surface area contributed by atoms with Crippen molar-refractivity contribution in [1.29, 1.82) is 5.26 Å². The van der Waals surface area contributed by atoms with Crippen LogP contribution >= 0.6 is 0 Å². The van der Waals surface area contributed by atoms with Crippen molar-refractivity contribution in [2.24, 2.45) is 11.8 Å². The maximum atomic E-state index is 14.9. The number of nitriles is 1. The molecule has 38 heavy (non-hydrogen) atoms. The lowest BCUT2D eigenvalue weighted by atomic mass is 9.71. The Labute approximate surface area is 213 Å². The molecule has 3 saturated heterocycles. The smallest absolute Gasteiger partial charge is 0.271 e. The third kappa shape index (κ3) is 4.35. The summed E-state index contributed by atoms with van der Waals surface area (Å²) in [5.41, 5.74) is -0.998. The monoisotopic (exact) mass is 537 g/mol. The van der Waals surface area contributed by atoms with Crippen LogP contribution in [0.4, 0.5) is 22.0 Å². The molecule has 4 aliphatic rings. The topological polar surface area (TPSA) is 118 Å². The number of halogens is 5. The Kier molecular flexibility index (Phi) is 6.53. The summed E-state index contributed by atoms with van der Waals surface area (Å²) in [6.45, 7) is 0.504. The molecular weight excluding hydrogens is 513 g/mol. The molecule has 6 rings (SSSR count). The molecule has 1 saturated carbocycles. The van der Waals surface area contributed by atoms with Crippen LogP contribution in [-0.4, -0.2) is 58.2 Å². The number of alkyl halides is 2. The number of hydrogen-bond acceptors (Lipinski definition) is 4. The molecule has 5 atom stereocenters. The standard InChI is InChI=1S/C25H24F5N5O3/c26-16-8-17(27)19(28)20-14(16)7-18(34-20)24(38)35-13-3-4-15(25(29,30)9-13)21(35)23(37)33-12(10-31)6-11-2-1-5-32-22(11)36/h7-8,11-13,15,21,34H,1-6,9H2,(H,32,36)(H,33,37)/t11-,12+,13-,15-,21+/m0/s1. The summed E-state index contributed by atoms with van der Waals surface area (Å²) in [7, 11) is 0. The highest BCUT2D eigenvalue weighted by molar-refractivity contribution is 6.01. The maximum absolute atomic E-state index is 14.9. The second kappa shape index (κ2) is 9.56. The number of carbonyl (C=O) groups is 3. The highest BCUT2D eigenvalue weighted by Crippen LogP contribution is 2.49. The Bertz CT molecular complexity index is 1360. The zero-order chi connectivity index (χ0) is 27.4. The minimum atomic E-state index is -3.27. The summed E-state index contributed by atoms with van der Waals surface area (Å²) in [5.74, 6) is -11.6. The van der Waals surface area contributed by atoms with Crippen LogP contribution in [0.3, 0.4) is 0 Å². The molecular formula is C25H24F5N5O3. The number of piperidine rings is 3. The van der Waals surface area contributed by atoms with Crippen LogP contribution < -0.4 is 10.6 Å². The molecule has 3 N–H and O–H groups in total. The number of carbonyl (C=O) groups excluding carboxylic acids is 3. The third-order valence-corrected chi connectivity index (χ3v) is 7.82. The van der Waals surface area contributed by atoms with E-state index < -0.39 is 88.2 Å². The van der Waals surface area contributed by atoms with E-state index in [9.17, 15) is 41.6 Å². The van der Waals surface area contributed by atoms with E-state index in [-0.39, 0.29) is 25.2 Å². The summed E-state index contributed by atoms with van der Waals surface area (Å²) in [6, 6.07) is -0.723. The van der Waals surface area contributed by atoms with E-state index >= 15 is 0 Å². The lowest BCUT2D eigenvalue weighted by molar-refractivity contribution is -0.179. The molecule has 4 fully saturated rings. The molecule has 3 aliphatic heterocycles. The van der Waals surface area contributed by atoms with Gasteiger partial charge in [-0.3, -0.25) is 14.4 Å². The number of aromatic amines is 1. The first-order valence-electron chi connectivity index (χ1n) is 12.4. The van der Waals surface area contributed by atoms with E-state index in [0.29, 0.717) is 25.5 Å². The summed E-state index contributed by atoms with van der Waals surface area (Å²) in [5, 5.41) is 14.3. The van der Waals surface area contributed by atoms with Gasteiger partial charge in [0, 0.05) is 36.4 Å². The van der Waals surface area contributed by atoms with Gasteiger partial charge in [-0.15, -0.1) is 0 Å². The number of H-pyrrole nitrogens is 1. The zero-order valence-corrected chi connectivity index (χ0v) is 20.0. The molecule has 0 spiro atoms. The van der Waals surface area contributed by atoms with Crippen LogP contribution in [0.1, 0.15) is 49.0 Å². The van der Waals surface area contributed by atoms with Gasteiger partial charge >= 0.3 is 0 Å². The van der Waals surface area contributed by atoms with Crippen molar-refractivity contribution in [3.8, 4) is 6.07 Å². The van der Waals surface area contributed by atoms with E-state index in [2.05, 4.69) is 15.6 Å². The number of aromatic nitrogens is 1. The van der Waals surface area contributed by atoms with Gasteiger partial charge in [0.05, 0.1) is 17.5 Å². The Hall–Kier alpha value is -3.69. The fraction of sp³-hybridized carbons (Fsp3) is 0.520. The molecule has 0 unspecified atom stereocenters. The summed E-state index contributed by atoms with van der Waals surface area (Å²) in [6.07, 6.45) is 0.601.